The molecule has 0 radical (unpaired) electrons. The second-order valence-corrected chi connectivity index (χ2v) is 10.8. The van der Waals surface area contributed by atoms with Gasteiger partial charge in [-0.2, -0.15) is 5.10 Å². The van der Waals surface area contributed by atoms with E-state index in [0.29, 0.717) is 22.2 Å². The van der Waals surface area contributed by atoms with Crippen molar-refractivity contribution in [3.63, 3.8) is 0 Å². The number of amides is 1. The molecule has 1 saturated heterocycles. The Morgan fingerprint density at radius 2 is 1.68 bits per heavy atom. The van der Waals surface area contributed by atoms with Crippen LogP contribution in [0.4, 0.5) is 24.5 Å². The number of hydrogen-bond donors (Lipinski definition) is 1. The standard InChI is InChI=1S/C29H27F3N6O2S/c1-28(2,3)23-6-4-5-7-24(23)38-25(39)17-41-27(38)37-36-16-19-8-10-20(11-9-19)26(33)35-18-34-21-12-14-22(15-13-21)40-29(30,31)32/h4-16,18H,17H2,1-3H3,(H2,33,34,35)/b36-16+,37-27-. The maximum atomic E-state index is 12.7. The van der Waals surface area contributed by atoms with Gasteiger partial charge in [0.1, 0.15) is 17.9 Å². The van der Waals surface area contributed by atoms with E-state index in [1.54, 1.807) is 35.4 Å². The molecule has 2 N–H and O–H groups in total. The number of amidine groups is 2. The van der Waals surface area contributed by atoms with Gasteiger partial charge < -0.3 is 10.5 Å². The molecule has 12 heteroatoms. The van der Waals surface area contributed by atoms with Crippen LogP contribution in [0.2, 0.25) is 0 Å². The largest absolute Gasteiger partial charge is 0.573 e. The molecule has 1 amide bonds. The zero-order valence-corrected chi connectivity index (χ0v) is 23.3. The number of carbonyl (C=O) groups excluding carboxylic acids is 1. The van der Waals surface area contributed by atoms with Crippen LogP contribution in [-0.4, -0.2) is 41.6 Å². The lowest BCUT2D eigenvalue weighted by Crippen LogP contribution is -2.31. The van der Waals surface area contributed by atoms with Crippen molar-refractivity contribution >= 4 is 52.6 Å². The average Bonchev–Trinajstić information content (AvgIpc) is 3.28. The first-order valence-electron chi connectivity index (χ1n) is 12.4. The number of ether oxygens (including phenoxy) is 1. The van der Waals surface area contributed by atoms with Crippen molar-refractivity contribution in [1.82, 2.24) is 0 Å². The number of carbonyl (C=O) groups is 1. The van der Waals surface area contributed by atoms with Gasteiger partial charge >= 0.3 is 6.36 Å². The number of anilines is 1. The zero-order chi connectivity index (χ0) is 29.6. The molecule has 4 rings (SSSR count). The number of thioether (sulfide) groups is 1. The van der Waals surface area contributed by atoms with Crippen LogP contribution in [0, 0.1) is 0 Å². The summed E-state index contributed by atoms with van der Waals surface area (Å²) in [7, 11) is 0. The summed E-state index contributed by atoms with van der Waals surface area (Å²) < 4.78 is 40.6. The van der Waals surface area contributed by atoms with Gasteiger partial charge in [-0.25, -0.2) is 9.98 Å². The summed E-state index contributed by atoms with van der Waals surface area (Å²) in [5.74, 6) is 0.105. The fraction of sp³-hybridized carbons (Fsp3) is 0.207. The number of alkyl halides is 3. The summed E-state index contributed by atoms with van der Waals surface area (Å²) in [6, 6.07) is 19.9. The van der Waals surface area contributed by atoms with Crippen molar-refractivity contribution in [1.29, 1.82) is 0 Å². The summed E-state index contributed by atoms with van der Waals surface area (Å²) in [6.07, 6.45) is -1.96. The molecule has 0 bridgehead atoms. The van der Waals surface area contributed by atoms with Crippen LogP contribution in [0.25, 0.3) is 0 Å². The molecule has 0 spiro atoms. The van der Waals surface area contributed by atoms with Gasteiger partial charge in [0.05, 0.1) is 23.3 Å². The molecule has 3 aromatic rings. The number of para-hydroxylation sites is 1. The van der Waals surface area contributed by atoms with Gasteiger partial charge in [-0.3, -0.25) is 9.69 Å². The molecule has 212 valence electrons. The molecule has 0 saturated carbocycles. The summed E-state index contributed by atoms with van der Waals surface area (Å²) in [4.78, 5) is 22.5. The predicted octanol–water partition coefficient (Wildman–Crippen LogP) is 6.42. The van der Waals surface area contributed by atoms with E-state index in [1.165, 1.54) is 30.2 Å². The molecule has 3 aromatic carbocycles. The monoisotopic (exact) mass is 580 g/mol. The van der Waals surface area contributed by atoms with Crippen molar-refractivity contribution < 1.29 is 22.7 Å². The fourth-order valence-electron chi connectivity index (χ4n) is 3.83. The summed E-state index contributed by atoms with van der Waals surface area (Å²) >= 11 is 1.34. The number of halogens is 3. The van der Waals surface area contributed by atoms with Gasteiger partial charge in [0, 0.05) is 5.56 Å². The van der Waals surface area contributed by atoms with Crippen LogP contribution in [0.15, 0.2) is 93.0 Å². The molecular weight excluding hydrogens is 553 g/mol. The molecule has 0 aromatic heterocycles. The average molecular weight is 581 g/mol. The lowest BCUT2D eigenvalue weighted by atomic mass is 9.85. The molecule has 1 aliphatic heterocycles. The predicted molar refractivity (Wildman–Crippen MR) is 159 cm³/mol. The highest BCUT2D eigenvalue weighted by Crippen LogP contribution is 2.36. The number of rotatable bonds is 7. The summed E-state index contributed by atoms with van der Waals surface area (Å²) in [5, 5.41) is 9.04. The SMILES string of the molecule is CC(C)(C)c1ccccc1N1C(=O)CS/C1=N\N=C\c1ccc(C(N)=NC=Nc2ccc(OC(F)(F)F)cc2)cc1. The Hall–Kier alpha value is -4.45. The van der Waals surface area contributed by atoms with Crippen molar-refractivity contribution in [3.8, 4) is 5.75 Å². The number of nitrogens with zero attached hydrogens (tertiary/aromatic N) is 5. The second kappa shape index (κ2) is 12.4. The minimum Gasteiger partial charge on any atom is -0.406 e. The molecule has 8 nitrogen and oxygen atoms in total. The maximum absolute atomic E-state index is 12.7. The van der Waals surface area contributed by atoms with Crippen LogP contribution in [-0.2, 0) is 10.2 Å². The first-order chi connectivity index (χ1) is 19.4. The van der Waals surface area contributed by atoms with Crippen molar-refractivity contribution in [2.24, 2.45) is 25.9 Å². The molecule has 0 unspecified atom stereocenters. The lowest BCUT2D eigenvalue weighted by molar-refractivity contribution is -0.274. The van der Waals surface area contributed by atoms with E-state index in [0.717, 1.165) is 28.9 Å². The lowest BCUT2D eigenvalue weighted by Gasteiger charge is -2.26. The van der Waals surface area contributed by atoms with Gasteiger partial charge in [-0.15, -0.1) is 18.3 Å². The second-order valence-electron chi connectivity index (χ2n) is 9.83. The third-order valence-corrected chi connectivity index (χ3v) is 6.66. The van der Waals surface area contributed by atoms with Gasteiger partial charge in [0.15, 0.2) is 5.17 Å². The topological polar surface area (TPSA) is 105 Å². The fourth-order valence-corrected chi connectivity index (χ4v) is 4.64. The van der Waals surface area contributed by atoms with Crippen molar-refractivity contribution in [2.45, 2.75) is 32.5 Å². The van der Waals surface area contributed by atoms with E-state index in [1.807, 2.05) is 24.3 Å². The van der Waals surface area contributed by atoms with Gasteiger partial charge in [0.25, 0.3) is 0 Å². The first-order valence-corrected chi connectivity index (χ1v) is 13.4. The smallest absolute Gasteiger partial charge is 0.406 e. The highest BCUT2D eigenvalue weighted by Gasteiger charge is 2.33. The third-order valence-electron chi connectivity index (χ3n) is 5.75. The van der Waals surface area contributed by atoms with E-state index in [4.69, 9.17) is 5.73 Å². The minimum atomic E-state index is -4.76. The minimum absolute atomic E-state index is 0.0456. The summed E-state index contributed by atoms with van der Waals surface area (Å²) in [6.45, 7) is 6.30. The van der Waals surface area contributed by atoms with E-state index >= 15 is 0 Å². The first kappa shape index (κ1) is 29.5. The Kier molecular flexibility index (Phi) is 8.92. The van der Waals surface area contributed by atoms with Crippen LogP contribution < -0.4 is 15.4 Å². The Morgan fingerprint density at radius 1 is 1.00 bits per heavy atom. The van der Waals surface area contributed by atoms with E-state index in [2.05, 4.69) is 45.7 Å². The Balaban J connectivity index is 1.41. The van der Waals surface area contributed by atoms with Gasteiger partial charge in [-0.05, 0) is 46.9 Å². The molecule has 1 heterocycles. The number of nitrogens with two attached hydrogens (primary N) is 1. The van der Waals surface area contributed by atoms with Crippen LogP contribution in [0.3, 0.4) is 0 Å². The molecule has 0 aliphatic carbocycles. The number of aliphatic imine (C=N–C) groups is 2. The van der Waals surface area contributed by atoms with Crippen molar-refractivity contribution in [2.75, 3.05) is 10.7 Å². The molecular formula is C29H27F3N6O2S. The molecule has 0 atom stereocenters. The maximum Gasteiger partial charge on any atom is 0.573 e. The highest BCUT2D eigenvalue weighted by atomic mass is 32.2. The van der Waals surface area contributed by atoms with E-state index in [9.17, 15) is 18.0 Å². The highest BCUT2D eigenvalue weighted by molar-refractivity contribution is 8.15. The van der Waals surface area contributed by atoms with E-state index in [-0.39, 0.29) is 22.9 Å². The quantitative estimate of drug-likeness (QED) is 0.198. The third kappa shape index (κ3) is 8.04. The van der Waals surface area contributed by atoms with Crippen LogP contribution in [0.1, 0.15) is 37.5 Å². The normalized spacial score (nSPS) is 16.0. The number of benzene rings is 3. The Morgan fingerprint density at radius 3 is 2.34 bits per heavy atom. The molecule has 1 aliphatic rings. The molecule has 41 heavy (non-hydrogen) atoms. The zero-order valence-electron chi connectivity index (χ0n) is 22.5. The Labute approximate surface area is 239 Å². The van der Waals surface area contributed by atoms with Gasteiger partial charge in [-0.1, -0.05) is 75.0 Å². The molecule has 1 fully saturated rings. The summed E-state index contributed by atoms with van der Waals surface area (Å²) in [5.41, 5.74) is 9.50. The van der Waals surface area contributed by atoms with Crippen LogP contribution >= 0.6 is 11.8 Å². The number of hydrogen-bond acceptors (Lipinski definition) is 6. The van der Waals surface area contributed by atoms with Crippen molar-refractivity contribution in [3.05, 3.63) is 89.5 Å². The van der Waals surface area contributed by atoms with Crippen LogP contribution in [0.5, 0.6) is 5.75 Å². The Bertz CT molecular complexity index is 1510. The van der Waals surface area contributed by atoms with E-state index < -0.39 is 6.36 Å². The van der Waals surface area contributed by atoms with Gasteiger partial charge in [0.2, 0.25) is 5.91 Å².